The molecule has 0 bridgehead atoms. The minimum atomic E-state index is -0.433. The van der Waals surface area contributed by atoms with Gasteiger partial charge in [0.25, 0.3) is 0 Å². The number of likely N-dealkylation sites (tertiary alicyclic amines) is 1. The molecule has 114 valence electrons. The third-order valence-electron chi connectivity index (χ3n) is 4.01. The van der Waals surface area contributed by atoms with Crippen LogP contribution in [-0.4, -0.2) is 44.1 Å². The quantitative estimate of drug-likeness (QED) is 0.787. The molecule has 1 saturated heterocycles. The van der Waals surface area contributed by atoms with Gasteiger partial charge in [-0.1, -0.05) is 19.1 Å². The summed E-state index contributed by atoms with van der Waals surface area (Å²) in [6.45, 7) is 3.74. The molecule has 2 amide bonds. The van der Waals surface area contributed by atoms with Gasteiger partial charge in [-0.15, -0.1) is 0 Å². The molecular formula is C16H22N2O3. The zero-order valence-electron chi connectivity index (χ0n) is 12.8. The molecule has 1 aromatic rings. The lowest BCUT2D eigenvalue weighted by Gasteiger charge is -2.33. The first-order valence-corrected chi connectivity index (χ1v) is 7.24. The highest BCUT2D eigenvalue weighted by molar-refractivity contribution is 6.01. The van der Waals surface area contributed by atoms with Crippen molar-refractivity contribution < 1.29 is 14.3 Å². The zero-order chi connectivity index (χ0) is 15.4. The molecule has 0 saturated carbocycles. The molecule has 1 aromatic carbocycles. The number of hydrogen-bond acceptors (Lipinski definition) is 3. The monoisotopic (exact) mass is 290 g/mol. The highest BCUT2D eigenvalue weighted by Crippen LogP contribution is 2.23. The predicted molar refractivity (Wildman–Crippen MR) is 81.6 cm³/mol. The Morgan fingerprint density at radius 2 is 1.86 bits per heavy atom. The van der Waals surface area contributed by atoms with Gasteiger partial charge in [0, 0.05) is 20.1 Å². The Bertz CT molecular complexity index is 522. The number of rotatable bonds is 2. The Hall–Kier alpha value is -2.04. The van der Waals surface area contributed by atoms with E-state index in [1.807, 2.05) is 11.0 Å². The third kappa shape index (κ3) is 3.35. The van der Waals surface area contributed by atoms with Gasteiger partial charge in [-0.2, -0.15) is 0 Å². The summed E-state index contributed by atoms with van der Waals surface area (Å²) in [5.74, 6) is 0.235. The van der Waals surface area contributed by atoms with Gasteiger partial charge in [-0.05, 0) is 30.9 Å². The van der Waals surface area contributed by atoms with E-state index >= 15 is 0 Å². The number of ether oxygens (including phenoxy) is 1. The van der Waals surface area contributed by atoms with E-state index in [4.69, 9.17) is 4.74 Å². The van der Waals surface area contributed by atoms with Crippen molar-refractivity contribution in [3.8, 4) is 0 Å². The SMILES string of the molecule is COC(=O)c1ccccc1N(C)C(=O)N1CCC(C)CC1. The van der Waals surface area contributed by atoms with Gasteiger partial charge >= 0.3 is 12.0 Å². The van der Waals surface area contributed by atoms with Crippen LogP contribution in [0.25, 0.3) is 0 Å². The van der Waals surface area contributed by atoms with Crippen molar-refractivity contribution in [2.45, 2.75) is 19.8 Å². The number of anilines is 1. The summed E-state index contributed by atoms with van der Waals surface area (Å²) in [4.78, 5) is 27.7. The number of hydrogen-bond donors (Lipinski definition) is 0. The molecule has 0 aromatic heterocycles. The Kier molecular flexibility index (Phi) is 4.83. The van der Waals surface area contributed by atoms with Crippen LogP contribution < -0.4 is 4.90 Å². The maximum atomic E-state index is 12.6. The predicted octanol–water partition coefficient (Wildman–Crippen LogP) is 2.76. The minimum Gasteiger partial charge on any atom is -0.465 e. The summed E-state index contributed by atoms with van der Waals surface area (Å²) in [6.07, 6.45) is 2.05. The maximum Gasteiger partial charge on any atom is 0.339 e. The average Bonchev–Trinajstić information content (AvgIpc) is 2.53. The Morgan fingerprint density at radius 1 is 1.24 bits per heavy atom. The summed E-state index contributed by atoms with van der Waals surface area (Å²) in [7, 11) is 3.04. The zero-order valence-corrected chi connectivity index (χ0v) is 12.8. The topological polar surface area (TPSA) is 49.9 Å². The molecule has 0 radical (unpaired) electrons. The molecule has 0 unspecified atom stereocenters. The Labute approximate surface area is 125 Å². The summed E-state index contributed by atoms with van der Waals surface area (Å²) < 4.78 is 4.78. The number of carbonyl (C=O) groups is 2. The molecule has 5 nitrogen and oxygen atoms in total. The number of esters is 1. The van der Waals surface area contributed by atoms with Gasteiger partial charge in [0.2, 0.25) is 0 Å². The minimum absolute atomic E-state index is 0.0711. The second kappa shape index (κ2) is 6.61. The molecule has 0 N–H and O–H groups in total. The first-order chi connectivity index (χ1) is 10.0. The number of methoxy groups -OCH3 is 1. The fourth-order valence-corrected chi connectivity index (χ4v) is 2.56. The summed E-state index contributed by atoms with van der Waals surface area (Å²) in [6, 6.07) is 6.93. The van der Waals surface area contributed by atoms with Crippen molar-refractivity contribution in [3.63, 3.8) is 0 Å². The molecule has 5 heteroatoms. The van der Waals surface area contributed by atoms with Gasteiger partial charge in [-0.3, -0.25) is 4.90 Å². The number of benzene rings is 1. The lowest BCUT2D eigenvalue weighted by atomic mass is 9.99. The van der Waals surface area contributed by atoms with E-state index < -0.39 is 5.97 Å². The highest BCUT2D eigenvalue weighted by Gasteiger charge is 2.25. The van der Waals surface area contributed by atoms with E-state index in [9.17, 15) is 9.59 Å². The summed E-state index contributed by atoms with van der Waals surface area (Å²) in [5.41, 5.74) is 0.981. The number of nitrogens with zero attached hydrogens (tertiary/aromatic N) is 2. The molecule has 21 heavy (non-hydrogen) atoms. The van der Waals surface area contributed by atoms with Crippen LogP contribution >= 0.6 is 0 Å². The van der Waals surface area contributed by atoms with Crippen molar-refractivity contribution in [2.24, 2.45) is 5.92 Å². The number of urea groups is 1. The molecule has 2 rings (SSSR count). The molecular weight excluding hydrogens is 268 g/mol. The fraction of sp³-hybridized carbons (Fsp3) is 0.500. The number of piperidine rings is 1. The molecule has 0 spiro atoms. The van der Waals surface area contributed by atoms with Crippen LogP contribution in [0.1, 0.15) is 30.1 Å². The van der Waals surface area contributed by atoms with Crippen LogP contribution in [0.2, 0.25) is 0 Å². The molecule has 1 aliphatic rings. The normalized spacial score (nSPS) is 15.7. The summed E-state index contributed by atoms with van der Waals surface area (Å²) in [5, 5.41) is 0. The van der Waals surface area contributed by atoms with Crippen LogP contribution in [-0.2, 0) is 4.74 Å². The van der Waals surface area contributed by atoms with E-state index in [0.717, 1.165) is 25.9 Å². The first kappa shape index (κ1) is 15.4. The van der Waals surface area contributed by atoms with Crippen molar-refractivity contribution in [1.29, 1.82) is 0 Å². The largest absolute Gasteiger partial charge is 0.465 e. The number of carbonyl (C=O) groups excluding carboxylic acids is 2. The highest BCUT2D eigenvalue weighted by atomic mass is 16.5. The smallest absolute Gasteiger partial charge is 0.339 e. The van der Waals surface area contributed by atoms with E-state index in [0.29, 0.717) is 17.2 Å². The van der Waals surface area contributed by atoms with Crippen LogP contribution in [0.3, 0.4) is 0 Å². The van der Waals surface area contributed by atoms with E-state index in [2.05, 4.69) is 6.92 Å². The van der Waals surface area contributed by atoms with Crippen molar-refractivity contribution in [3.05, 3.63) is 29.8 Å². The van der Waals surface area contributed by atoms with E-state index in [1.165, 1.54) is 12.0 Å². The Morgan fingerprint density at radius 3 is 2.48 bits per heavy atom. The standard InChI is InChI=1S/C16H22N2O3/c1-12-8-10-18(11-9-12)16(20)17(2)14-7-5-4-6-13(14)15(19)21-3/h4-7,12H,8-11H2,1-3H3. The van der Waals surface area contributed by atoms with Crippen LogP contribution in [0, 0.1) is 5.92 Å². The fourth-order valence-electron chi connectivity index (χ4n) is 2.56. The van der Waals surface area contributed by atoms with Gasteiger partial charge < -0.3 is 9.64 Å². The van der Waals surface area contributed by atoms with Gasteiger partial charge in [-0.25, -0.2) is 9.59 Å². The number of amides is 2. The molecule has 0 aliphatic carbocycles. The lowest BCUT2D eigenvalue weighted by molar-refractivity contribution is 0.0601. The lowest BCUT2D eigenvalue weighted by Crippen LogP contribution is -2.45. The number of para-hydroxylation sites is 1. The van der Waals surface area contributed by atoms with Crippen molar-refractivity contribution in [1.82, 2.24) is 4.90 Å². The van der Waals surface area contributed by atoms with E-state index in [1.54, 1.807) is 25.2 Å². The van der Waals surface area contributed by atoms with Gasteiger partial charge in [0.05, 0.1) is 18.4 Å². The van der Waals surface area contributed by atoms with E-state index in [-0.39, 0.29) is 6.03 Å². The van der Waals surface area contributed by atoms with Crippen LogP contribution in [0.15, 0.2) is 24.3 Å². The van der Waals surface area contributed by atoms with Crippen molar-refractivity contribution in [2.75, 3.05) is 32.1 Å². The molecule has 1 heterocycles. The first-order valence-electron chi connectivity index (χ1n) is 7.24. The molecule has 1 fully saturated rings. The second-order valence-electron chi connectivity index (χ2n) is 5.52. The third-order valence-corrected chi connectivity index (χ3v) is 4.01. The van der Waals surface area contributed by atoms with Gasteiger partial charge in [0.1, 0.15) is 0 Å². The second-order valence-corrected chi connectivity index (χ2v) is 5.52. The van der Waals surface area contributed by atoms with Crippen molar-refractivity contribution >= 4 is 17.7 Å². The Balaban J connectivity index is 2.18. The summed E-state index contributed by atoms with van der Waals surface area (Å²) >= 11 is 0. The average molecular weight is 290 g/mol. The van der Waals surface area contributed by atoms with Gasteiger partial charge in [0.15, 0.2) is 0 Å². The molecule has 0 atom stereocenters. The van der Waals surface area contributed by atoms with Crippen LogP contribution in [0.4, 0.5) is 10.5 Å². The molecule has 1 aliphatic heterocycles. The maximum absolute atomic E-state index is 12.6. The van der Waals surface area contributed by atoms with Crippen LogP contribution in [0.5, 0.6) is 0 Å².